The molecule has 1 N–H and O–H groups in total. The summed E-state index contributed by atoms with van der Waals surface area (Å²) < 4.78 is 0. The Morgan fingerprint density at radius 2 is 2.20 bits per heavy atom. The maximum atomic E-state index is 3.67. The summed E-state index contributed by atoms with van der Waals surface area (Å²) in [4.78, 5) is 4.26. The minimum absolute atomic E-state index is 0.336. The Hall–Kier alpha value is -0.380. The summed E-state index contributed by atoms with van der Waals surface area (Å²) in [7, 11) is 0. The molecule has 0 aromatic carbocycles. The molecule has 0 fully saturated rings. The molecule has 3 heteroatoms. The largest absolute Gasteiger partial charge is 0.314 e. The van der Waals surface area contributed by atoms with Crippen LogP contribution in [0.15, 0.2) is 11.4 Å². The molecule has 2 heterocycles. The van der Waals surface area contributed by atoms with Crippen molar-refractivity contribution in [2.75, 3.05) is 19.6 Å². The molecule has 2 unspecified atom stereocenters. The molecule has 0 saturated heterocycles. The molecule has 0 amide bonds. The Morgan fingerprint density at radius 3 is 2.85 bits per heavy atom. The topological polar surface area (TPSA) is 15.3 Å². The first-order chi connectivity index (χ1) is 9.43. The van der Waals surface area contributed by atoms with Crippen molar-refractivity contribution in [3.05, 3.63) is 21.9 Å². The fraction of sp³-hybridized carbons (Fsp3) is 0.765. The van der Waals surface area contributed by atoms with Crippen molar-refractivity contribution in [3.63, 3.8) is 0 Å². The van der Waals surface area contributed by atoms with Crippen molar-refractivity contribution in [2.45, 2.75) is 59.5 Å². The van der Waals surface area contributed by atoms with Crippen LogP contribution in [0.4, 0.5) is 0 Å². The van der Waals surface area contributed by atoms with Crippen molar-refractivity contribution < 1.29 is 0 Å². The maximum absolute atomic E-state index is 3.67. The third-order valence-electron chi connectivity index (χ3n) is 4.60. The number of fused-ring (bicyclic) bond motifs is 1. The third kappa shape index (κ3) is 3.63. The van der Waals surface area contributed by atoms with Gasteiger partial charge >= 0.3 is 0 Å². The van der Waals surface area contributed by atoms with E-state index >= 15 is 0 Å². The Balaban J connectivity index is 1.94. The summed E-state index contributed by atoms with van der Waals surface area (Å²) in [5, 5.41) is 5.92. The Bertz CT molecular complexity index is 419. The SMILES string of the molecule is CCNC(CCN1CCc2sccc2C1C)C(C)(C)C. The minimum atomic E-state index is 0.336. The van der Waals surface area contributed by atoms with Crippen LogP contribution in [0.25, 0.3) is 0 Å². The number of thiophene rings is 1. The zero-order valence-electron chi connectivity index (χ0n) is 13.7. The summed E-state index contributed by atoms with van der Waals surface area (Å²) in [6, 6.07) is 3.51. The Morgan fingerprint density at radius 1 is 1.45 bits per heavy atom. The van der Waals surface area contributed by atoms with Crippen LogP contribution in [-0.4, -0.2) is 30.6 Å². The van der Waals surface area contributed by atoms with Crippen LogP contribution < -0.4 is 5.32 Å². The molecule has 0 spiro atoms. The summed E-state index contributed by atoms with van der Waals surface area (Å²) in [5.41, 5.74) is 1.90. The fourth-order valence-electron chi connectivity index (χ4n) is 3.25. The second-order valence-corrected chi connectivity index (χ2v) is 8.03. The molecule has 20 heavy (non-hydrogen) atoms. The summed E-state index contributed by atoms with van der Waals surface area (Å²) in [6.07, 6.45) is 2.47. The van der Waals surface area contributed by atoms with Gasteiger partial charge in [-0.2, -0.15) is 0 Å². The monoisotopic (exact) mass is 294 g/mol. The predicted octanol–water partition coefficient (Wildman–Crippen LogP) is 4.08. The highest BCUT2D eigenvalue weighted by molar-refractivity contribution is 7.10. The molecule has 0 aliphatic carbocycles. The lowest BCUT2D eigenvalue weighted by Gasteiger charge is -2.37. The first-order valence-electron chi connectivity index (χ1n) is 7.97. The number of rotatable bonds is 5. The Kier molecular flexibility index (Phi) is 5.27. The van der Waals surface area contributed by atoms with Crippen molar-refractivity contribution in [3.8, 4) is 0 Å². The van der Waals surface area contributed by atoms with Gasteiger partial charge in [-0.15, -0.1) is 11.3 Å². The van der Waals surface area contributed by atoms with E-state index in [4.69, 9.17) is 0 Å². The van der Waals surface area contributed by atoms with E-state index in [9.17, 15) is 0 Å². The van der Waals surface area contributed by atoms with Crippen molar-refractivity contribution in [2.24, 2.45) is 5.41 Å². The number of nitrogens with zero attached hydrogens (tertiary/aromatic N) is 1. The molecule has 0 bridgehead atoms. The quantitative estimate of drug-likeness (QED) is 0.880. The first-order valence-corrected chi connectivity index (χ1v) is 8.85. The fourth-order valence-corrected chi connectivity index (χ4v) is 4.21. The summed E-state index contributed by atoms with van der Waals surface area (Å²) >= 11 is 1.93. The number of hydrogen-bond acceptors (Lipinski definition) is 3. The van der Waals surface area contributed by atoms with Crippen LogP contribution in [-0.2, 0) is 6.42 Å². The van der Waals surface area contributed by atoms with Crippen molar-refractivity contribution in [1.29, 1.82) is 0 Å². The van der Waals surface area contributed by atoms with Gasteiger partial charge in [0.15, 0.2) is 0 Å². The zero-order valence-corrected chi connectivity index (χ0v) is 14.5. The van der Waals surface area contributed by atoms with Gasteiger partial charge in [-0.25, -0.2) is 0 Å². The molecule has 1 aliphatic heterocycles. The standard InChI is InChI=1S/C17H30N2S/c1-6-18-16(17(3,4)5)8-11-19-10-7-15-14(13(19)2)9-12-20-15/h9,12-13,16,18H,6-8,10-11H2,1-5H3. The van der Waals surface area contributed by atoms with E-state index in [1.54, 1.807) is 10.4 Å². The first kappa shape index (κ1) is 16.0. The Labute approximate surface area is 128 Å². The summed E-state index contributed by atoms with van der Waals surface area (Å²) in [5.74, 6) is 0. The highest BCUT2D eigenvalue weighted by atomic mass is 32.1. The van der Waals surface area contributed by atoms with Gasteiger partial charge in [0.2, 0.25) is 0 Å². The molecule has 2 nitrogen and oxygen atoms in total. The normalized spacial score (nSPS) is 21.8. The van der Waals surface area contributed by atoms with E-state index < -0.39 is 0 Å². The van der Waals surface area contributed by atoms with Crippen LogP contribution >= 0.6 is 11.3 Å². The van der Waals surface area contributed by atoms with E-state index in [0.29, 0.717) is 17.5 Å². The molecule has 1 aromatic rings. The molecule has 114 valence electrons. The highest BCUT2D eigenvalue weighted by Crippen LogP contribution is 2.33. The average molecular weight is 295 g/mol. The van der Waals surface area contributed by atoms with Crippen LogP contribution in [0.1, 0.15) is 57.5 Å². The van der Waals surface area contributed by atoms with Gasteiger partial charge in [-0.3, -0.25) is 4.90 Å². The zero-order chi connectivity index (χ0) is 14.8. The van der Waals surface area contributed by atoms with Gasteiger partial charge in [0.25, 0.3) is 0 Å². The van der Waals surface area contributed by atoms with E-state index in [0.717, 1.165) is 6.54 Å². The lowest BCUT2D eigenvalue weighted by molar-refractivity contribution is 0.165. The van der Waals surface area contributed by atoms with Gasteiger partial charge in [0, 0.05) is 30.1 Å². The lowest BCUT2D eigenvalue weighted by Crippen LogP contribution is -2.44. The molecule has 2 rings (SSSR count). The van der Waals surface area contributed by atoms with Crippen LogP contribution in [0, 0.1) is 5.41 Å². The number of hydrogen-bond donors (Lipinski definition) is 1. The molecule has 1 aliphatic rings. The molecule has 0 saturated carbocycles. The smallest absolute Gasteiger partial charge is 0.0331 e. The van der Waals surface area contributed by atoms with Gasteiger partial charge in [-0.1, -0.05) is 27.7 Å². The minimum Gasteiger partial charge on any atom is -0.314 e. The van der Waals surface area contributed by atoms with E-state index in [1.807, 2.05) is 11.3 Å². The maximum Gasteiger partial charge on any atom is 0.0331 e. The van der Waals surface area contributed by atoms with Gasteiger partial charge < -0.3 is 5.32 Å². The van der Waals surface area contributed by atoms with E-state index in [1.165, 1.54) is 25.9 Å². The van der Waals surface area contributed by atoms with Gasteiger partial charge in [0.05, 0.1) is 0 Å². The van der Waals surface area contributed by atoms with Crippen molar-refractivity contribution in [1.82, 2.24) is 10.2 Å². The van der Waals surface area contributed by atoms with Crippen LogP contribution in [0.5, 0.6) is 0 Å². The average Bonchev–Trinajstić information content (AvgIpc) is 2.84. The molecule has 0 radical (unpaired) electrons. The lowest BCUT2D eigenvalue weighted by atomic mass is 9.84. The summed E-state index contributed by atoms with van der Waals surface area (Å²) in [6.45, 7) is 15.1. The van der Waals surface area contributed by atoms with E-state index in [-0.39, 0.29) is 0 Å². The molecule has 2 atom stereocenters. The number of nitrogens with one attached hydrogen (secondary N) is 1. The second-order valence-electron chi connectivity index (χ2n) is 7.03. The second kappa shape index (κ2) is 6.59. The predicted molar refractivity (Wildman–Crippen MR) is 89.5 cm³/mol. The molecule has 1 aromatic heterocycles. The third-order valence-corrected chi connectivity index (χ3v) is 5.60. The van der Waals surface area contributed by atoms with Crippen LogP contribution in [0.3, 0.4) is 0 Å². The van der Waals surface area contributed by atoms with Crippen molar-refractivity contribution >= 4 is 11.3 Å². The van der Waals surface area contributed by atoms with Gasteiger partial charge in [0.1, 0.15) is 0 Å². The van der Waals surface area contributed by atoms with Crippen LogP contribution in [0.2, 0.25) is 0 Å². The van der Waals surface area contributed by atoms with E-state index in [2.05, 4.69) is 56.3 Å². The highest BCUT2D eigenvalue weighted by Gasteiger charge is 2.28. The molecular weight excluding hydrogens is 264 g/mol. The van der Waals surface area contributed by atoms with Gasteiger partial charge in [-0.05, 0) is 48.7 Å². The molecular formula is C17H30N2S.